The average Bonchev–Trinajstić information content (AvgIpc) is 3.52. The predicted octanol–water partition coefficient (Wildman–Crippen LogP) is 5.29. The van der Waals surface area contributed by atoms with E-state index in [1.54, 1.807) is 31.0 Å². The number of aromatic nitrogens is 7. The number of aliphatic hydroxyl groups excluding tert-OH is 1. The van der Waals surface area contributed by atoms with Crippen LogP contribution in [0, 0.1) is 11.7 Å². The zero-order valence-electron chi connectivity index (χ0n) is 20.2. The molecule has 0 spiro atoms. The second-order valence-electron chi connectivity index (χ2n) is 9.57. The second-order valence-corrected chi connectivity index (χ2v) is 9.57. The Morgan fingerprint density at radius 3 is 2.66 bits per heavy atom. The summed E-state index contributed by atoms with van der Waals surface area (Å²) in [6.45, 7) is 0. The van der Waals surface area contributed by atoms with Gasteiger partial charge in [-0.15, -0.1) is 0 Å². The summed E-state index contributed by atoms with van der Waals surface area (Å²) in [5.74, 6) is 0.295. The number of benzene rings is 1. The van der Waals surface area contributed by atoms with Gasteiger partial charge in [-0.2, -0.15) is 5.10 Å². The average molecular weight is 507 g/mol. The third-order valence-electron chi connectivity index (χ3n) is 7.21. The van der Waals surface area contributed by atoms with Gasteiger partial charge in [-0.05, 0) is 60.4 Å². The summed E-state index contributed by atoms with van der Waals surface area (Å²) in [7, 11) is 0. The van der Waals surface area contributed by atoms with Crippen LogP contribution in [0.25, 0.3) is 55.8 Å². The molecule has 6 aromatic rings. The van der Waals surface area contributed by atoms with Gasteiger partial charge >= 0.3 is 0 Å². The number of nitrogens with zero attached hydrogens (tertiary/aromatic N) is 5. The van der Waals surface area contributed by atoms with Gasteiger partial charge in [0.15, 0.2) is 17.3 Å². The largest absolute Gasteiger partial charge is 0.374 e. The molecule has 1 aliphatic carbocycles. The number of halogens is 1. The van der Waals surface area contributed by atoms with E-state index in [1.807, 2.05) is 30.3 Å². The zero-order valence-corrected chi connectivity index (χ0v) is 20.2. The number of hydrogen-bond acceptors (Lipinski definition) is 7. The number of pyridine rings is 3. The van der Waals surface area contributed by atoms with Crippen molar-refractivity contribution in [2.75, 3.05) is 5.32 Å². The van der Waals surface area contributed by atoms with Crippen molar-refractivity contribution in [1.29, 1.82) is 0 Å². The van der Waals surface area contributed by atoms with Crippen molar-refractivity contribution < 1.29 is 9.50 Å². The summed E-state index contributed by atoms with van der Waals surface area (Å²) in [6, 6.07) is 10.9. The van der Waals surface area contributed by atoms with Gasteiger partial charge in [0.25, 0.3) is 0 Å². The van der Waals surface area contributed by atoms with Gasteiger partial charge in [0, 0.05) is 47.2 Å². The standard InChI is InChI=1S/C28H23FN8O/c29-22-12-17(18-10-19(14-31-13-18)33-28(38)16-2-1-3-16)11-21-23(22)36-37-25(21)27-34-24-20(6-9-32-26(24)35-27)15-4-7-30-8-5-15/h4-14,16,28,33,38H,1-3H2,(H,36,37)(H,32,34,35). The summed E-state index contributed by atoms with van der Waals surface area (Å²) in [5.41, 5.74) is 6.04. The van der Waals surface area contributed by atoms with Gasteiger partial charge in [-0.3, -0.25) is 15.1 Å². The quantitative estimate of drug-likeness (QED) is 0.226. The van der Waals surface area contributed by atoms with Crippen LogP contribution in [0.5, 0.6) is 0 Å². The molecule has 4 N–H and O–H groups in total. The SMILES string of the molecule is OC(Nc1cncc(-c2cc(F)c3n[nH]c(-c4nc5nccc(-c6ccncc6)c5[nH]4)c3c2)c1)C1CCC1. The highest BCUT2D eigenvalue weighted by atomic mass is 19.1. The van der Waals surface area contributed by atoms with Crippen LogP contribution in [0.1, 0.15) is 19.3 Å². The molecule has 1 fully saturated rings. The maximum Gasteiger partial charge on any atom is 0.178 e. The zero-order chi connectivity index (χ0) is 25.6. The highest BCUT2D eigenvalue weighted by Crippen LogP contribution is 2.35. The summed E-state index contributed by atoms with van der Waals surface area (Å²) in [5, 5.41) is 21.3. The molecule has 0 aliphatic heterocycles. The first-order valence-electron chi connectivity index (χ1n) is 12.5. The number of rotatable bonds is 6. The lowest BCUT2D eigenvalue weighted by Crippen LogP contribution is -2.33. The van der Waals surface area contributed by atoms with Gasteiger partial charge < -0.3 is 15.4 Å². The first-order valence-corrected chi connectivity index (χ1v) is 12.5. The van der Waals surface area contributed by atoms with Crippen molar-refractivity contribution in [2.45, 2.75) is 25.5 Å². The lowest BCUT2D eigenvalue weighted by molar-refractivity contribution is 0.0851. The van der Waals surface area contributed by atoms with Crippen LogP contribution in [0.4, 0.5) is 10.1 Å². The van der Waals surface area contributed by atoms with Gasteiger partial charge in [0.2, 0.25) is 0 Å². The maximum absolute atomic E-state index is 15.2. The molecule has 1 aliphatic rings. The monoisotopic (exact) mass is 506 g/mol. The molecule has 0 radical (unpaired) electrons. The van der Waals surface area contributed by atoms with Crippen molar-refractivity contribution >= 4 is 27.8 Å². The lowest BCUT2D eigenvalue weighted by atomic mass is 9.84. The minimum atomic E-state index is -0.626. The molecule has 10 heteroatoms. The summed E-state index contributed by atoms with van der Waals surface area (Å²) in [4.78, 5) is 20.8. The van der Waals surface area contributed by atoms with Gasteiger partial charge in [-0.25, -0.2) is 14.4 Å². The van der Waals surface area contributed by atoms with Crippen LogP contribution >= 0.6 is 0 Å². The van der Waals surface area contributed by atoms with Crippen molar-refractivity contribution in [1.82, 2.24) is 35.1 Å². The Morgan fingerprint density at radius 2 is 1.84 bits per heavy atom. The van der Waals surface area contributed by atoms with E-state index in [-0.39, 0.29) is 11.4 Å². The normalized spacial score (nSPS) is 14.6. The minimum absolute atomic E-state index is 0.217. The number of aromatic amines is 2. The first kappa shape index (κ1) is 22.5. The molecule has 5 aromatic heterocycles. The molecule has 1 atom stereocenters. The maximum atomic E-state index is 15.2. The van der Waals surface area contributed by atoms with Crippen LogP contribution in [0.3, 0.4) is 0 Å². The number of hydrogen-bond donors (Lipinski definition) is 4. The fraction of sp³-hybridized carbons (Fsp3) is 0.179. The third-order valence-corrected chi connectivity index (χ3v) is 7.21. The molecule has 38 heavy (non-hydrogen) atoms. The van der Waals surface area contributed by atoms with Crippen molar-refractivity contribution in [2.24, 2.45) is 5.92 Å². The highest BCUT2D eigenvalue weighted by Gasteiger charge is 2.25. The van der Waals surface area contributed by atoms with E-state index in [0.29, 0.717) is 33.8 Å². The number of aliphatic hydroxyl groups is 1. The Kier molecular flexibility index (Phi) is 5.33. The van der Waals surface area contributed by atoms with Gasteiger partial charge in [-0.1, -0.05) is 6.42 Å². The minimum Gasteiger partial charge on any atom is -0.374 e. The molecule has 0 bridgehead atoms. The van der Waals surface area contributed by atoms with E-state index >= 15 is 4.39 Å². The van der Waals surface area contributed by atoms with Crippen molar-refractivity contribution in [3.05, 3.63) is 73.2 Å². The summed E-state index contributed by atoms with van der Waals surface area (Å²) in [6.07, 6.45) is 11.0. The van der Waals surface area contributed by atoms with Crippen LogP contribution in [-0.2, 0) is 0 Å². The summed E-state index contributed by atoms with van der Waals surface area (Å²) < 4.78 is 15.2. The molecule has 188 valence electrons. The number of fused-ring (bicyclic) bond motifs is 2. The van der Waals surface area contributed by atoms with Crippen molar-refractivity contribution in [3.8, 4) is 33.8 Å². The fourth-order valence-electron chi connectivity index (χ4n) is 4.94. The van der Waals surface area contributed by atoms with E-state index in [2.05, 4.69) is 40.4 Å². The molecule has 1 saturated carbocycles. The Hall–Kier alpha value is -4.70. The smallest absolute Gasteiger partial charge is 0.178 e. The Labute approximate surface area is 216 Å². The highest BCUT2D eigenvalue weighted by molar-refractivity contribution is 5.97. The number of nitrogens with one attached hydrogen (secondary N) is 3. The molecule has 0 amide bonds. The second kappa shape index (κ2) is 9.00. The molecular formula is C28H23FN8O. The molecule has 7 rings (SSSR count). The summed E-state index contributed by atoms with van der Waals surface area (Å²) >= 11 is 0. The van der Waals surface area contributed by atoms with E-state index in [4.69, 9.17) is 0 Å². The third kappa shape index (κ3) is 3.86. The fourth-order valence-corrected chi connectivity index (χ4v) is 4.94. The van der Waals surface area contributed by atoms with Gasteiger partial charge in [0.1, 0.15) is 17.4 Å². The van der Waals surface area contributed by atoms with E-state index in [9.17, 15) is 5.11 Å². The van der Waals surface area contributed by atoms with Crippen molar-refractivity contribution in [3.63, 3.8) is 0 Å². The lowest BCUT2D eigenvalue weighted by Gasteiger charge is -2.31. The van der Waals surface area contributed by atoms with Gasteiger partial charge in [0.05, 0.1) is 17.4 Å². The molecule has 5 heterocycles. The predicted molar refractivity (Wildman–Crippen MR) is 142 cm³/mol. The molecule has 1 aromatic carbocycles. The number of H-pyrrole nitrogens is 2. The van der Waals surface area contributed by atoms with E-state index in [1.165, 1.54) is 6.07 Å². The van der Waals surface area contributed by atoms with E-state index < -0.39 is 12.0 Å². The topological polar surface area (TPSA) is 128 Å². The number of imidazole rings is 1. The Balaban J connectivity index is 1.29. The molecular weight excluding hydrogens is 483 g/mol. The Morgan fingerprint density at radius 1 is 0.974 bits per heavy atom. The molecule has 0 saturated heterocycles. The Bertz CT molecular complexity index is 1780. The van der Waals surface area contributed by atoms with Crippen LogP contribution in [0.2, 0.25) is 0 Å². The molecule has 9 nitrogen and oxygen atoms in total. The first-order chi connectivity index (χ1) is 18.6. The van der Waals surface area contributed by atoms with E-state index in [0.717, 1.165) is 41.5 Å². The molecule has 1 unspecified atom stereocenters. The number of anilines is 1. The van der Waals surface area contributed by atoms with Crippen LogP contribution in [0.15, 0.2) is 67.4 Å². The van der Waals surface area contributed by atoms with Crippen LogP contribution < -0.4 is 5.32 Å². The van der Waals surface area contributed by atoms with Crippen LogP contribution in [-0.4, -0.2) is 46.5 Å².